The van der Waals surface area contributed by atoms with Crippen molar-refractivity contribution in [1.82, 2.24) is 39.8 Å². The number of nitrogens with zero attached hydrogens (tertiary/aromatic N) is 8. The van der Waals surface area contributed by atoms with Crippen LogP contribution in [0.4, 0.5) is 10.2 Å². The average molecular weight is 490 g/mol. The van der Waals surface area contributed by atoms with Gasteiger partial charge < -0.3 is 10.2 Å². The van der Waals surface area contributed by atoms with Crippen molar-refractivity contribution in [1.29, 1.82) is 0 Å². The second-order valence-corrected chi connectivity index (χ2v) is 8.41. The van der Waals surface area contributed by atoms with Gasteiger partial charge in [-0.15, -0.1) is 0 Å². The first-order valence-electron chi connectivity index (χ1n) is 11.6. The van der Waals surface area contributed by atoms with E-state index in [2.05, 4.69) is 35.4 Å². The van der Waals surface area contributed by atoms with Crippen molar-refractivity contribution < 1.29 is 9.18 Å². The summed E-state index contributed by atoms with van der Waals surface area (Å²) in [6, 6.07) is 10.8. The molecule has 0 atom stereocenters. The number of aromatic nitrogens is 7. The monoisotopic (exact) mass is 489 g/mol. The molecule has 1 aliphatic heterocycles. The highest BCUT2D eigenvalue weighted by molar-refractivity contribution is 5.78. The van der Waals surface area contributed by atoms with E-state index in [1.54, 1.807) is 29.2 Å². The molecule has 1 saturated heterocycles. The van der Waals surface area contributed by atoms with Crippen LogP contribution in [0.15, 0.2) is 66.2 Å². The van der Waals surface area contributed by atoms with E-state index in [0.29, 0.717) is 43.0 Å². The van der Waals surface area contributed by atoms with Gasteiger partial charge >= 0.3 is 0 Å². The number of nitrogens with one attached hydrogen (secondary N) is 1. The predicted molar refractivity (Wildman–Crippen MR) is 129 cm³/mol. The minimum absolute atomic E-state index is 0.0385. The van der Waals surface area contributed by atoms with Crippen LogP contribution in [0.5, 0.6) is 0 Å². The molecular formula is C24H24FN9O2. The maximum atomic E-state index is 13.2. The number of rotatable bonds is 7. The summed E-state index contributed by atoms with van der Waals surface area (Å²) >= 11 is 0. The first-order chi connectivity index (χ1) is 17.6. The van der Waals surface area contributed by atoms with Crippen LogP contribution in [0.2, 0.25) is 0 Å². The topological polar surface area (TPSA) is 124 Å². The minimum atomic E-state index is -0.339. The molecule has 11 nitrogen and oxygen atoms in total. The maximum absolute atomic E-state index is 13.2. The largest absolute Gasteiger partial charge is 0.356 e. The van der Waals surface area contributed by atoms with Crippen molar-refractivity contribution in [2.45, 2.75) is 19.4 Å². The second kappa shape index (κ2) is 10.4. The van der Waals surface area contributed by atoms with Crippen LogP contribution in [0.3, 0.4) is 0 Å². The molecule has 0 aliphatic carbocycles. The smallest absolute Gasteiger partial charge is 0.266 e. The molecule has 1 fully saturated rings. The Labute approximate surface area is 205 Å². The van der Waals surface area contributed by atoms with E-state index < -0.39 is 0 Å². The Balaban J connectivity index is 1.13. The molecule has 3 aromatic heterocycles. The van der Waals surface area contributed by atoms with E-state index in [-0.39, 0.29) is 36.3 Å². The average Bonchev–Trinajstić information content (AvgIpc) is 3.46. The Kier molecular flexibility index (Phi) is 6.74. The normalized spacial score (nSPS) is 14.1. The number of piperidine rings is 1. The van der Waals surface area contributed by atoms with Crippen LogP contribution in [-0.2, 0) is 11.3 Å². The lowest BCUT2D eigenvalue weighted by Crippen LogP contribution is -2.42. The maximum Gasteiger partial charge on any atom is 0.266 e. The minimum Gasteiger partial charge on any atom is -0.356 e. The van der Waals surface area contributed by atoms with E-state index in [9.17, 15) is 14.0 Å². The number of carbonyl (C=O) groups is 1. The van der Waals surface area contributed by atoms with Crippen molar-refractivity contribution in [2.75, 3.05) is 24.5 Å². The molecule has 12 heteroatoms. The Morgan fingerprint density at radius 1 is 1.03 bits per heavy atom. The van der Waals surface area contributed by atoms with Crippen LogP contribution < -0.4 is 15.8 Å². The third-order valence-corrected chi connectivity index (χ3v) is 6.11. The van der Waals surface area contributed by atoms with Crippen LogP contribution in [0.1, 0.15) is 12.8 Å². The number of benzene rings is 1. The van der Waals surface area contributed by atoms with Gasteiger partial charge in [0.1, 0.15) is 30.6 Å². The molecule has 184 valence electrons. The summed E-state index contributed by atoms with van der Waals surface area (Å²) in [4.78, 5) is 39.6. The predicted octanol–water partition coefficient (Wildman–Crippen LogP) is 1.45. The van der Waals surface area contributed by atoms with Gasteiger partial charge in [-0.25, -0.2) is 28.7 Å². The van der Waals surface area contributed by atoms with Gasteiger partial charge in [-0.2, -0.15) is 10.2 Å². The zero-order chi connectivity index (χ0) is 24.9. The molecule has 0 unspecified atom stereocenters. The van der Waals surface area contributed by atoms with E-state index in [1.807, 2.05) is 6.07 Å². The van der Waals surface area contributed by atoms with Crippen molar-refractivity contribution >= 4 is 11.7 Å². The molecule has 0 spiro atoms. The summed E-state index contributed by atoms with van der Waals surface area (Å²) in [6.45, 7) is 1.90. The molecular weight excluding hydrogens is 465 g/mol. The lowest BCUT2D eigenvalue weighted by Gasteiger charge is -2.32. The number of hydrogen-bond acceptors (Lipinski definition) is 8. The van der Waals surface area contributed by atoms with Crippen molar-refractivity contribution in [3.8, 4) is 17.1 Å². The Morgan fingerprint density at radius 2 is 1.81 bits per heavy atom. The number of hydrogen-bond donors (Lipinski definition) is 1. The SMILES string of the molecule is O=C(NCCn1nc(-c2ccc(F)cc2)ccc1=O)C1CCN(c2cc(-n3cncn3)ncn2)CC1. The van der Waals surface area contributed by atoms with Crippen molar-refractivity contribution in [3.05, 3.63) is 77.6 Å². The van der Waals surface area contributed by atoms with E-state index >= 15 is 0 Å². The van der Waals surface area contributed by atoms with Gasteiger partial charge in [-0.05, 0) is 43.2 Å². The molecule has 4 heterocycles. The molecule has 1 amide bonds. The Morgan fingerprint density at radius 3 is 2.56 bits per heavy atom. The van der Waals surface area contributed by atoms with Crippen molar-refractivity contribution in [3.63, 3.8) is 0 Å². The van der Waals surface area contributed by atoms with Crippen LogP contribution in [0.25, 0.3) is 17.1 Å². The van der Waals surface area contributed by atoms with Gasteiger partial charge in [0, 0.05) is 43.2 Å². The molecule has 5 rings (SSSR count). The lowest BCUT2D eigenvalue weighted by molar-refractivity contribution is -0.125. The third kappa shape index (κ3) is 5.27. The zero-order valence-electron chi connectivity index (χ0n) is 19.4. The van der Waals surface area contributed by atoms with E-state index in [4.69, 9.17) is 0 Å². The Hall–Kier alpha value is -4.48. The Bertz CT molecular complexity index is 1380. The number of carbonyl (C=O) groups excluding carboxylic acids is 1. The fourth-order valence-electron chi connectivity index (χ4n) is 4.15. The summed E-state index contributed by atoms with van der Waals surface area (Å²) < 4.78 is 16.1. The molecule has 0 bridgehead atoms. The standard InChI is InChI=1S/C24H24FN9O2/c25-19-3-1-17(2-4-19)20-5-6-23(35)33(31-20)12-9-27-24(36)18-7-10-32(11-8-18)21-13-22(29-15-28-21)34-16-26-14-30-34/h1-6,13-16,18H,7-12H2,(H,27,36). The molecule has 1 aromatic carbocycles. The van der Waals surface area contributed by atoms with Gasteiger partial charge in [-0.3, -0.25) is 9.59 Å². The quantitative estimate of drug-likeness (QED) is 0.414. The molecule has 1 N–H and O–H groups in total. The highest BCUT2D eigenvalue weighted by Gasteiger charge is 2.25. The van der Waals surface area contributed by atoms with Gasteiger partial charge in [0.2, 0.25) is 5.91 Å². The molecule has 4 aromatic rings. The van der Waals surface area contributed by atoms with Crippen LogP contribution >= 0.6 is 0 Å². The van der Waals surface area contributed by atoms with E-state index in [0.717, 1.165) is 5.82 Å². The number of halogens is 1. The summed E-state index contributed by atoms with van der Waals surface area (Å²) in [7, 11) is 0. The summed E-state index contributed by atoms with van der Waals surface area (Å²) in [5.74, 6) is 0.913. The molecule has 36 heavy (non-hydrogen) atoms. The fourth-order valence-corrected chi connectivity index (χ4v) is 4.15. The van der Waals surface area contributed by atoms with Gasteiger partial charge in [0.25, 0.3) is 5.56 Å². The second-order valence-electron chi connectivity index (χ2n) is 8.41. The number of amides is 1. The molecule has 0 radical (unpaired) electrons. The first kappa shape index (κ1) is 23.3. The number of anilines is 1. The summed E-state index contributed by atoms with van der Waals surface area (Å²) in [5.41, 5.74) is 1.00. The highest BCUT2D eigenvalue weighted by atomic mass is 19.1. The highest BCUT2D eigenvalue weighted by Crippen LogP contribution is 2.22. The van der Waals surface area contributed by atoms with Gasteiger partial charge in [0.15, 0.2) is 5.82 Å². The van der Waals surface area contributed by atoms with Crippen LogP contribution in [0, 0.1) is 11.7 Å². The molecule has 0 saturated carbocycles. The zero-order valence-corrected chi connectivity index (χ0v) is 19.4. The third-order valence-electron chi connectivity index (χ3n) is 6.11. The summed E-state index contributed by atoms with van der Waals surface area (Å²) in [6.07, 6.45) is 5.89. The van der Waals surface area contributed by atoms with Crippen LogP contribution in [-0.4, -0.2) is 60.1 Å². The van der Waals surface area contributed by atoms with Gasteiger partial charge in [0.05, 0.1) is 12.2 Å². The van der Waals surface area contributed by atoms with Crippen molar-refractivity contribution in [2.24, 2.45) is 5.92 Å². The lowest BCUT2D eigenvalue weighted by atomic mass is 9.96. The van der Waals surface area contributed by atoms with E-state index in [1.165, 1.54) is 35.5 Å². The summed E-state index contributed by atoms with van der Waals surface area (Å²) in [5, 5.41) is 11.4. The van der Waals surface area contributed by atoms with Gasteiger partial charge in [-0.1, -0.05) is 0 Å². The molecule has 1 aliphatic rings. The fraction of sp³-hybridized carbons (Fsp3) is 0.292. The first-order valence-corrected chi connectivity index (χ1v) is 11.6.